The van der Waals surface area contributed by atoms with Crippen LogP contribution in [0.15, 0.2) is 30.3 Å². The summed E-state index contributed by atoms with van der Waals surface area (Å²) in [6.07, 6.45) is 2.07. The summed E-state index contributed by atoms with van der Waals surface area (Å²) in [4.78, 5) is 17.9. The first-order chi connectivity index (χ1) is 13.1. The number of ether oxygens (including phenoxy) is 1. The molecule has 150 valence electrons. The van der Waals surface area contributed by atoms with E-state index in [9.17, 15) is 4.79 Å². The van der Waals surface area contributed by atoms with Crippen molar-refractivity contribution >= 4 is 5.91 Å². The van der Waals surface area contributed by atoms with Crippen LogP contribution in [0.25, 0.3) is 0 Å². The van der Waals surface area contributed by atoms with Crippen molar-refractivity contribution in [1.82, 2.24) is 20.4 Å². The fourth-order valence-electron chi connectivity index (χ4n) is 4.25. The lowest BCUT2D eigenvalue weighted by Gasteiger charge is -2.40. The highest BCUT2D eigenvalue weighted by molar-refractivity contribution is 5.83. The summed E-state index contributed by atoms with van der Waals surface area (Å²) in [6.45, 7) is 7.16. The van der Waals surface area contributed by atoms with E-state index < -0.39 is 0 Å². The van der Waals surface area contributed by atoms with Gasteiger partial charge in [-0.15, -0.1) is 0 Å². The maximum absolute atomic E-state index is 13.3. The van der Waals surface area contributed by atoms with Crippen LogP contribution in [0.2, 0.25) is 0 Å². The van der Waals surface area contributed by atoms with Crippen LogP contribution in [0.1, 0.15) is 24.4 Å². The molecule has 2 aliphatic rings. The van der Waals surface area contributed by atoms with Crippen molar-refractivity contribution in [2.45, 2.75) is 18.9 Å². The molecule has 0 aromatic heterocycles. The summed E-state index contributed by atoms with van der Waals surface area (Å²) >= 11 is 0. The first kappa shape index (κ1) is 20.3. The number of amides is 1. The molecule has 1 atom stereocenters. The van der Waals surface area contributed by atoms with Gasteiger partial charge in [-0.1, -0.05) is 30.3 Å². The molecule has 6 nitrogen and oxygen atoms in total. The van der Waals surface area contributed by atoms with E-state index >= 15 is 0 Å². The van der Waals surface area contributed by atoms with Gasteiger partial charge in [-0.3, -0.25) is 9.69 Å². The molecule has 0 saturated carbocycles. The van der Waals surface area contributed by atoms with Crippen molar-refractivity contribution < 1.29 is 9.53 Å². The molecule has 2 N–H and O–H groups in total. The lowest BCUT2D eigenvalue weighted by Crippen LogP contribution is -2.52. The van der Waals surface area contributed by atoms with Crippen LogP contribution in [-0.4, -0.2) is 82.3 Å². The van der Waals surface area contributed by atoms with Crippen molar-refractivity contribution in [3.63, 3.8) is 0 Å². The Labute approximate surface area is 163 Å². The highest BCUT2D eigenvalue weighted by Gasteiger charge is 2.35. The van der Waals surface area contributed by atoms with E-state index in [0.717, 1.165) is 57.7 Å². The minimum Gasteiger partial charge on any atom is -0.384 e. The van der Waals surface area contributed by atoms with Gasteiger partial charge in [0.25, 0.3) is 0 Å². The van der Waals surface area contributed by atoms with Gasteiger partial charge in [-0.2, -0.15) is 0 Å². The highest BCUT2D eigenvalue weighted by Crippen LogP contribution is 2.29. The molecule has 1 aromatic rings. The molecule has 1 aromatic carbocycles. The number of methoxy groups -OCH3 is 1. The molecule has 2 heterocycles. The van der Waals surface area contributed by atoms with Crippen molar-refractivity contribution in [1.29, 1.82) is 0 Å². The number of piperidine rings is 1. The summed E-state index contributed by atoms with van der Waals surface area (Å²) in [5.74, 6) is 0.111. The zero-order chi connectivity index (χ0) is 19.1. The molecule has 2 aliphatic heterocycles. The number of nitrogens with zero attached hydrogens (tertiary/aromatic N) is 2. The molecule has 0 spiro atoms. The third-order valence-corrected chi connectivity index (χ3v) is 6.02. The number of likely N-dealkylation sites (N-methyl/N-ethyl adjacent to an activating group) is 1. The van der Waals surface area contributed by atoms with Crippen LogP contribution in [0, 0.1) is 5.41 Å². The molecule has 27 heavy (non-hydrogen) atoms. The monoisotopic (exact) mass is 374 g/mol. The zero-order valence-electron chi connectivity index (χ0n) is 16.7. The van der Waals surface area contributed by atoms with E-state index in [0.29, 0.717) is 13.2 Å². The van der Waals surface area contributed by atoms with Crippen molar-refractivity contribution in [2.75, 3.05) is 66.6 Å². The second kappa shape index (κ2) is 9.64. The first-order valence-electron chi connectivity index (χ1n) is 10.1. The van der Waals surface area contributed by atoms with E-state index in [4.69, 9.17) is 4.74 Å². The average molecular weight is 375 g/mol. The Hall–Kier alpha value is -1.47. The fourth-order valence-corrected chi connectivity index (χ4v) is 4.25. The van der Waals surface area contributed by atoms with Crippen LogP contribution in [0.4, 0.5) is 0 Å². The molecule has 2 saturated heterocycles. The molecule has 0 aliphatic carbocycles. The summed E-state index contributed by atoms with van der Waals surface area (Å²) in [5.41, 5.74) is 1.12. The largest absolute Gasteiger partial charge is 0.384 e. The van der Waals surface area contributed by atoms with Gasteiger partial charge < -0.3 is 20.3 Å². The normalized spacial score (nSPS) is 22.3. The Morgan fingerprint density at radius 2 is 1.85 bits per heavy atom. The van der Waals surface area contributed by atoms with Gasteiger partial charge in [0, 0.05) is 45.2 Å². The van der Waals surface area contributed by atoms with Crippen LogP contribution < -0.4 is 10.6 Å². The van der Waals surface area contributed by atoms with Gasteiger partial charge in [0.05, 0.1) is 6.61 Å². The average Bonchev–Trinajstić information content (AvgIpc) is 2.70. The number of carbonyl (C=O) groups is 1. The number of piperazine rings is 1. The Bertz CT molecular complexity index is 576. The van der Waals surface area contributed by atoms with E-state index in [1.54, 1.807) is 7.11 Å². The van der Waals surface area contributed by atoms with Crippen molar-refractivity contribution in [2.24, 2.45) is 5.41 Å². The summed E-state index contributed by atoms with van der Waals surface area (Å²) in [7, 11) is 3.89. The smallest absolute Gasteiger partial charge is 0.241 e. The third-order valence-electron chi connectivity index (χ3n) is 6.02. The molecule has 1 amide bonds. The molecule has 0 bridgehead atoms. The van der Waals surface area contributed by atoms with Crippen molar-refractivity contribution in [3.05, 3.63) is 35.9 Å². The number of hydrogen-bond acceptors (Lipinski definition) is 5. The van der Waals surface area contributed by atoms with E-state index in [1.165, 1.54) is 0 Å². The summed E-state index contributed by atoms with van der Waals surface area (Å²) < 4.78 is 5.50. The lowest BCUT2D eigenvalue weighted by molar-refractivity contribution is -0.128. The maximum Gasteiger partial charge on any atom is 0.241 e. The van der Waals surface area contributed by atoms with Gasteiger partial charge >= 0.3 is 0 Å². The minimum absolute atomic E-state index is 0.0407. The standard InChI is InChI=1S/C21H34N4O2/c1-24-12-14-25(15-13-24)19(18-6-4-3-5-7-18)20(26)23-16-21(17-27-2)8-10-22-11-9-21/h3-7,19,22H,8-17H2,1-2H3,(H,23,26). The van der Waals surface area contributed by atoms with Gasteiger partial charge in [-0.25, -0.2) is 0 Å². The molecule has 3 rings (SSSR count). The quantitative estimate of drug-likeness (QED) is 0.749. The van der Waals surface area contributed by atoms with Gasteiger partial charge in [-0.05, 0) is 38.5 Å². The number of rotatable bonds is 7. The molecule has 2 fully saturated rings. The Morgan fingerprint density at radius 3 is 2.48 bits per heavy atom. The maximum atomic E-state index is 13.3. The fraction of sp³-hybridized carbons (Fsp3) is 0.667. The minimum atomic E-state index is -0.221. The SMILES string of the molecule is COCC1(CNC(=O)C(c2ccccc2)N2CCN(C)CC2)CCNCC1. The molecule has 0 radical (unpaired) electrons. The Morgan fingerprint density at radius 1 is 1.19 bits per heavy atom. The Balaban J connectivity index is 1.70. The molecular formula is C21H34N4O2. The van der Waals surface area contributed by atoms with E-state index in [1.807, 2.05) is 18.2 Å². The van der Waals surface area contributed by atoms with E-state index in [-0.39, 0.29) is 17.4 Å². The Kier molecular flexibility index (Phi) is 7.24. The number of carbonyl (C=O) groups excluding carboxylic acids is 1. The van der Waals surface area contributed by atoms with Crippen molar-refractivity contribution in [3.8, 4) is 0 Å². The zero-order valence-corrected chi connectivity index (χ0v) is 16.7. The number of hydrogen-bond donors (Lipinski definition) is 2. The van der Waals surface area contributed by atoms with Gasteiger partial charge in [0.2, 0.25) is 5.91 Å². The molecule has 1 unspecified atom stereocenters. The number of benzene rings is 1. The lowest BCUT2D eigenvalue weighted by atomic mass is 9.79. The second-order valence-corrected chi connectivity index (χ2v) is 8.05. The predicted octanol–water partition coefficient (Wildman–Crippen LogP) is 1.11. The molecular weight excluding hydrogens is 340 g/mol. The highest BCUT2D eigenvalue weighted by atomic mass is 16.5. The van der Waals surface area contributed by atoms with Crippen LogP contribution >= 0.6 is 0 Å². The van der Waals surface area contributed by atoms with Crippen LogP contribution in [0.3, 0.4) is 0 Å². The first-order valence-corrected chi connectivity index (χ1v) is 10.1. The third kappa shape index (κ3) is 5.29. The summed E-state index contributed by atoms with van der Waals surface area (Å²) in [5, 5.41) is 6.69. The second-order valence-electron chi connectivity index (χ2n) is 8.05. The van der Waals surface area contributed by atoms with Crippen LogP contribution in [-0.2, 0) is 9.53 Å². The van der Waals surface area contributed by atoms with E-state index in [2.05, 4.69) is 39.6 Å². The molecule has 6 heteroatoms. The number of nitrogens with one attached hydrogen (secondary N) is 2. The van der Waals surface area contributed by atoms with Crippen LogP contribution in [0.5, 0.6) is 0 Å². The predicted molar refractivity (Wildman–Crippen MR) is 108 cm³/mol. The van der Waals surface area contributed by atoms with Gasteiger partial charge in [0.1, 0.15) is 6.04 Å². The van der Waals surface area contributed by atoms with Gasteiger partial charge in [0.15, 0.2) is 0 Å². The summed E-state index contributed by atoms with van der Waals surface area (Å²) in [6, 6.07) is 9.96. The topological polar surface area (TPSA) is 56.8 Å².